The molecule has 1 aromatic carbocycles. The third-order valence-electron chi connectivity index (χ3n) is 1.92. The van der Waals surface area contributed by atoms with E-state index in [-0.39, 0.29) is 6.29 Å². The molecule has 0 unspecified atom stereocenters. The van der Waals surface area contributed by atoms with Crippen LogP contribution in [0.15, 0.2) is 18.2 Å². The largest absolute Gasteiger partial charge is 0.380 e. The maximum Gasteiger partial charge on any atom is 0.173 e. The number of methoxy groups -OCH3 is 2. The first-order valence-corrected chi connectivity index (χ1v) is 5.17. The number of hydrogen-bond acceptors (Lipinski definition) is 3. The van der Waals surface area contributed by atoms with Crippen LogP contribution < -0.4 is 5.32 Å². The van der Waals surface area contributed by atoms with Gasteiger partial charge in [0.2, 0.25) is 0 Å². The second-order valence-electron chi connectivity index (χ2n) is 2.91. The Balaban J connectivity index is 2.54. The average Bonchev–Trinajstić information content (AvgIpc) is 2.24. The van der Waals surface area contributed by atoms with E-state index in [1.165, 1.54) is 0 Å². The molecular formula is C10H13Cl2NO2. The van der Waals surface area contributed by atoms with Gasteiger partial charge in [0, 0.05) is 19.9 Å². The first-order chi connectivity index (χ1) is 7.17. The Kier molecular flexibility index (Phi) is 5.19. The molecule has 15 heavy (non-hydrogen) atoms. The second kappa shape index (κ2) is 6.18. The molecule has 3 nitrogen and oxygen atoms in total. The Bertz CT molecular complexity index is 316. The fraction of sp³-hybridized carbons (Fsp3) is 0.400. The lowest BCUT2D eigenvalue weighted by Crippen LogP contribution is -2.23. The quantitative estimate of drug-likeness (QED) is 0.815. The molecule has 0 aliphatic carbocycles. The van der Waals surface area contributed by atoms with Gasteiger partial charge in [-0.2, -0.15) is 0 Å². The van der Waals surface area contributed by atoms with Crippen molar-refractivity contribution in [3.8, 4) is 0 Å². The summed E-state index contributed by atoms with van der Waals surface area (Å²) in [6, 6.07) is 5.34. The minimum Gasteiger partial charge on any atom is -0.380 e. The van der Waals surface area contributed by atoms with Crippen LogP contribution in [0.5, 0.6) is 0 Å². The van der Waals surface area contributed by atoms with Crippen LogP contribution >= 0.6 is 23.2 Å². The zero-order valence-electron chi connectivity index (χ0n) is 8.59. The molecule has 5 heteroatoms. The minimum absolute atomic E-state index is 0.278. The molecule has 0 bridgehead atoms. The summed E-state index contributed by atoms with van der Waals surface area (Å²) in [5, 5.41) is 4.18. The van der Waals surface area contributed by atoms with Gasteiger partial charge in [-0.1, -0.05) is 23.2 Å². The highest BCUT2D eigenvalue weighted by Gasteiger charge is 2.05. The molecule has 1 N–H and O–H groups in total. The molecule has 84 valence electrons. The van der Waals surface area contributed by atoms with Gasteiger partial charge in [0.1, 0.15) is 0 Å². The standard InChI is InChI=1S/C10H13Cl2NO2/c1-14-10(15-2)6-13-7-3-4-8(11)9(12)5-7/h3-5,10,13H,6H2,1-2H3. The number of benzene rings is 1. The zero-order chi connectivity index (χ0) is 11.3. The summed E-state index contributed by atoms with van der Waals surface area (Å²) in [6.07, 6.45) is -0.278. The summed E-state index contributed by atoms with van der Waals surface area (Å²) in [4.78, 5) is 0. The van der Waals surface area contributed by atoms with Crippen LogP contribution in [-0.4, -0.2) is 27.1 Å². The van der Waals surface area contributed by atoms with Crippen molar-refractivity contribution in [1.29, 1.82) is 0 Å². The number of halogens is 2. The molecule has 1 rings (SSSR count). The highest BCUT2D eigenvalue weighted by atomic mass is 35.5. The van der Waals surface area contributed by atoms with E-state index in [1.807, 2.05) is 6.07 Å². The first kappa shape index (κ1) is 12.6. The van der Waals surface area contributed by atoms with Crippen molar-refractivity contribution < 1.29 is 9.47 Å². The predicted octanol–water partition coefficient (Wildman–Crippen LogP) is 3.02. The third kappa shape index (κ3) is 3.87. The third-order valence-corrected chi connectivity index (χ3v) is 2.66. The van der Waals surface area contributed by atoms with Gasteiger partial charge in [-0.15, -0.1) is 0 Å². The number of nitrogens with one attached hydrogen (secondary N) is 1. The summed E-state index contributed by atoms with van der Waals surface area (Å²) < 4.78 is 10.1. The maximum atomic E-state index is 5.86. The highest BCUT2D eigenvalue weighted by molar-refractivity contribution is 6.42. The van der Waals surface area contributed by atoms with Gasteiger partial charge in [-0.3, -0.25) is 0 Å². The average molecular weight is 250 g/mol. The Hall–Kier alpha value is -0.480. The van der Waals surface area contributed by atoms with Gasteiger partial charge < -0.3 is 14.8 Å². The fourth-order valence-corrected chi connectivity index (χ4v) is 1.37. The predicted molar refractivity (Wildman–Crippen MR) is 62.8 cm³/mol. The molecule has 0 radical (unpaired) electrons. The van der Waals surface area contributed by atoms with Crippen LogP contribution in [0.2, 0.25) is 10.0 Å². The molecule has 0 aromatic heterocycles. The summed E-state index contributed by atoms with van der Waals surface area (Å²) in [5.74, 6) is 0. The topological polar surface area (TPSA) is 30.5 Å². The van der Waals surface area contributed by atoms with Crippen molar-refractivity contribution in [3.05, 3.63) is 28.2 Å². The molecule has 0 aliphatic heterocycles. The van der Waals surface area contributed by atoms with E-state index in [9.17, 15) is 0 Å². The molecule has 0 fully saturated rings. The van der Waals surface area contributed by atoms with Crippen LogP contribution in [0.3, 0.4) is 0 Å². The van der Waals surface area contributed by atoms with Crippen molar-refractivity contribution in [2.75, 3.05) is 26.1 Å². The van der Waals surface area contributed by atoms with Crippen molar-refractivity contribution in [1.82, 2.24) is 0 Å². The van der Waals surface area contributed by atoms with E-state index in [0.717, 1.165) is 5.69 Å². The first-order valence-electron chi connectivity index (χ1n) is 4.42. The molecule has 0 saturated heterocycles. The lowest BCUT2D eigenvalue weighted by atomic mass is 10.3. The van der Waals surface area contributed by atoms with E-state index < -0.39 is 0 Å². The number of hydrogen-bond donors (Lipinski definition) is 1. The van der Waals surface area contributed by atoms with Crippen LogP contribution in [-0.2, 0) is 9.47 Å². The van der Waals surface area contributed by atoms with E-state index >= 15 is 0 Å². The molecule has 0 heterocycles. The monoisotopic (exact) mass is 249 g/mol. The smallest absolute Gasteiger partial charge is 0.173 e. The number of anilines is 1. The van der Waals surface area contributed by atoms with E-state index in [1.54, 1.807) is 26.4 Å². The SMILES string of the molecule is COC(CNc1ccc(Cl)c(Cl)c1)OC. The van der Waals surface area contributed by atoms with E-state index in [4.69, 9.17) is 32.7 Å². The van der Waals surface area contributed by atoms with Crippen LogP contribution in [0.25, 0.3) is 0 Å². The van der Waals surface area contributed by atoms with Crippen molar-refractivity contribution >= 4 is 28.9 Å². The lowest BCUT2D eigenvalue weighted by molar-refractivity contribution is -0.0914. The normalized spacial score (nSPS) is 10.7. The Morgan fingerprint density at radius 2 is 1.87 bits per heavy atom. The van der Waals surface area contributed by atoms with Gasteiger partial charge in [0.25, 0.3) is 0 Å². The summed E-state index contributed by atoms with van der Waals surface area (Å²) in [7, 11) is 3.18. The van der Waals surface area contributed by atoms with Gasteiger partial charge in [0.05, 0.1) is 16.6 Å². The molecule has 0 saturated carbocycles. The van der Waals surface area contributed by atoms with Crippen LogP contribution in [0.1, 0.15) is 0 Å². The Labute approximate surface area is 99.3 Å². The van der Waals surface area contributed by atoms with Crippen molar-refractivity contribution in [2.24, 2.45) is 0 Å². The van der Waals surface area contributed by atoms with E-state index in [2.05, 4.69) is 5.32 Å². The fourth-order valence-electron chi connectivity index (χ4n) is 1.07. The molecule has 1 aromatic rings. The van der Waals surface area contributed by atoms with Crippen LogP contribution in [0, 0.1) is 0 Å². The summed E-state index contributed by atoms with van der Waals surface area (Å²) >= 11 is 11.7. The minimum atomic E-state index is -0.278. The summed E-state index contributed by atoms with van der Waals surface area (Å²) in [5.41, 5.74) is 0.878. The molecule has 0 spiro atoms. The van der Waals surface area contributed by atoms with Crippen LogP contribution in [0.4, 0.5) is 5.69 Å². The molecular weight excluding hydrogens is 237 g/mol. The molecule has 0 amide bonds. The Morgan fingerprint density at radius 3 is 2.40 bits per heavy atom. The molecule has 0 atom stereocenters. The van der Waals surface area contributed by atoms with Crippen molar-refractivity contribution in [2.45, 2.75) is 6.29 Å². The lowest BCUT2D eigenvalue weighted by Gasteiger charge is -2.15. The van der Waals surface area contributed by atoms with Gasteiger partial charge in [-0.05, 0) is 18.2 Å². The number of ether oxygens (including phenoxy) is 2. The summed E-state index contributed by atoms with van der Waals surface area (Å²) in [6.45, 7) is 0.547. The zero-order valence-corrected chi connectivity index (χ0v) is 10.1. The number of rotatable bonds is 5. The Morgan fingerprint density at radius 1 is 1.20 bits per heavy atom. The second-order valence-corrected chi connectivity index (χ2v) is 3.73. The maximum absolute atomic E-state index is 5.86. The van der Waals surface area contributed by atoms with Gasteiger partial charge in [0.15, 0.2) is 6.29 Å². The molecule has 0 aliphatic rings. The van der Waals surface area contributed by atoms with E-state index in [0.29, 0.717) is 16.6 Å². The van der Waals surface area contributed by atoms with Crippen molar-refractivity contribution in [3.63, 3.8) is 0 Å². The van der Waals surface area contributed by atoms with Gasteiger partial charge >= 0.3 is 0 Å². The highest BCUT2D eigenvalue weighted by Crippen LogP contribution is 2.24. The van der Waals surface area contributed by atoms with Gasteiger partial charge in [-0.25, -0.2) is 0 Å².